The topological polar surface area (TPSA) is 24.5 Å². The standard InChI is InChI=1S/C14H19F3N2O/c1-10-7-18-8-11(2)19(10)9-12-3-5-13(6-4-12)20-14(15,16)17/h3-6,10-11,18H,7-9H2,1-2H3. The molecule has 3 nitrogen and oxygen atoms in total. The van der Waals surface area contributed by atoms with E-state index in [1.165, 1.54) is 12.1 Å². The van der Waals surface area contributed by atoms with Gasteiger partial charge in [-0.3, -0.25) is 4.90 Å². The summed E-state index contributed by atoms with van der Waals surface area (Å²) in [4.78, 5) is 2.34. The Morgan fingerprint density at radius 1 is 1.15 bits per heavy atom. The van der Waals surface area contributed by atoms with E-state index in [1.54, 1.807) is 12.1 Å². The molecule has 0 aromatic heterocycles. The van der Waals surface area contributed by atoms with Crippen LogP contribution in [0.5, 0.6) is 5.75 Å². The fraction of sp³-hybridized carbons (Fsp3) is 0.571. The first-order valence-corrected chi connectivity index (χ1v) is 6.66. The summed E-state index contributed by atoms with van der Waals surface area (Å²) in [5.74, 6) is -0.178. The lowest BCUT2D eigenvalue weighted by molar-refractivity contribution is -0.274. The Hall–Kier alpha value is -1.27. The molecule has 1 aromatic carbocycles. The molecule has 1 N–H and O–H groups in total. The van der Waals surface area contributed by atoms with Gasteiger partial charge in [0.1, 0.15) is 5.75 Å². The highest BCUT2D eigenvalue weighted by Gasteiger charge is 2.31. The number of nitrogens with zero attached hydrogens (tertiary/aromatic N) is 1. The molecule has 2 rings (SSSR count). The van der Waals surface area contributed by atoms with Crippen LogP contribution in [0.2, 0.25) is 0 Å². The lowest BCUT2D eigenvalue weighted by atomic mass is 10.1. The molecule has 1 aliphatic rings. The van der Waals surface area contributed by atoms with Gasteiger partial charge in [0.2, 0.25) is 0 Å². The molecule has 0 aliphatic carbocycles. The van der Waals surface area contributed by atoms with Crippen molar-refractivity contribution < 1.29 is 17.9 Å². The van der Waals surface area contributed by atoms with Crippen LogP contribution in [0.1, 0.15) is 19.4 Å². The smallest absolute Gasteiger partial charge is 0.406 e. The van der Waals surface area contributed by atoms with Gasteiger partial charge < -0.3 is 10.1 Å². The van der Waals surface area contributed by atoms with Crippen molar-refractivity contribution in [2.45, 2.75) is 38.8 Å². The first kappa shape index (κ1) is 15.1. The minimum atomic E-state index is -4.64. The highest BCUT2D eigenvalue weighted by Crippen LogP contribution is 2.23. The molecule has 0 radical (unpaired) electrons. The molecule has 2 atom stereocenters. The SMILES string of the molecule is CC1CNCC(C)N1Cc1ccc(OC(F)(F)F)cc1. The zero-order valence-electron chi connectivity index (χ0n) is 11.6. The lowest BCUT2D eigenvalue weighted by Gasteiger charge is -2.39. The summed E-state index contributed by atoms with van der Waals surface area (Å²) in [6.45, 7) is 6.88. The van der Waals surface area contributed by atoms with Gasteiger partial charge in [-0.15, -0.1) is 13.2 Å². The minimum absolute atomic E-state index is 0.178. The van der Waals surface area contributed by atoms with Gasteiger partial charge in [-0.25, -0.2) is 0 Å². The number of ether oxygens (including phenoxy) is 1. The molecular formula is C14H19F3N2O. The largest absolute Gasteiger partial charge is 0.573 e. The summed E-state index contributed by atoms with van der Waals surface area (Å²) in [5, 5.41) is 3.35. The highest BCUT2D eigenvalue weighted by molar-refractivity contribution is 5.27. The minimum Gasteiger partial charge on any atom is -0.406 e. The number of nitrogens with one attached hydrogen (secondary N) is 1. The third kappa shape index (κ3) is 4.11. The van der Waals surface area contributed by atoms with Crippen LogP contribution in [0.4, 0.5) is 13.2 Å². The summed E-state index contributed by atoms with van der Waals surface area (Å²) in [6, 6.07) is 6.90. The molecule has 0 spiro atoms. The van der Waals surface area contributed by atoms with E-state index in [0.717, 1.165) is 25.2 Å². The number of rotatable bonds is 3. The Balaban J connectivity index is 1.99. The van der Waals surface area contributed by atoms with Gasteiger partial charge in [0.05, 0.1) is 0 Å². The van der Waals surface area contributed by atoms with Crippen LogP contribution < -0.4 is 10.1 Å². The van der Waals surface area contributed by atoms with Crippen molar-refractivity contribution in [3.05, 3.63) is 29.8 Å². The van der Waals surface area contributed by atoms with Gasteiger partial charge in [0.15, 0.2) is 0 Å². The van der Waals surface area contributed by atoms with E-state index in [1.807, 2.05) is 0 Å². The second kappa shape index (κ2) is 6.01. The van der Waals surface area contributed by atoms with E-state index in [-0.39, 0.29) is 5.75 Å². The van der Waals surface area contributed by atoms with Crippen molar-refractivity contribution in [2.24, 2.45) is 0 Å². The molecule has 1 fully saturated rings. The Morgan fingerprint density at radius 3 is 2.20 bits per heavy atom. The normalized spacial score (nSPS) is 24.6. The molecule has 0 bridgehead atoms. The van der Waals surface area contributed by atoms with Crippen molar-refractivity contribution in [1.82, 2.24) is 10.2 Å². The van der Waals surface area contributed by atoms with Gasteiger partial charge in [0.25, 0.3) is 0 Å². The van der Waals surface area contributed by atoms with E-state index in [9.17, 15) is 13.2 Å². The predicted octanol–water partition coefficient (Wildman–Crippen LogP) is 2.77. The fourth-order valence-corrected chi connectivity index (χ4v) is 2.49. The van der Waals surface area contributed by atoms with Crippen LogP contribution in [0.25, 0.3) is 0 Å². The first-order chi connectivity index (χ1) is 9.35. The Kier molecular flexibility index (Phi) is 4.55. The quantitative estimate of drug-likeness (QED) is 0.925. The molecule has 2 unspecified atom stereocenters. The second-order valence-electron chi connectivity index (χ2n) is 5.22. The van der Waals surface area contributed by atoms with Gasteiger partial charge >= 0.3 is 6.36 Å². The van der Waals surface area contributed by atoms with Gasteiger partial charge in [-0.2, -0.15) is 0 Å². The van der Waals surface area contributed by atoms with E-state index >= 15 is 0 Å². The average molecular weight is 288 g/mol. The third-order valence-electron chi connectivity index (χ3n) is 3.53. The predicted molar refractivity (Wildman–Crippen MR) is 70.5 cm³/mol. The summed E-state index contributed by atoms with van der Waals surface area (Å²) in [6.07, 6.45) is -4.64. The summed E-state index contributed by atoms with van der Waals surface area (Å²) < 4.78 is 40.1. The first-order valence-electron chi connectivity index (χ1n) is 6.66. The lowest BCUT2D eigenvalue weighted by Crippen LogP contribution is -2.54. The fourth-order valence-electron chi connectivity index (χ4n) is 2.49. The maximum Gasteiger partial charge on any atom is 0.573 e. The molecule has 1 heterocycles. The van der Waals surface area contributed by atoms with Crippen LogP contribution in [-0.4, -0.2) is 36.4 Å². The van der Waals surface area contributed by atoms with Crippen molar-refractivity contribution in [3.63, 3.8) is 0 Å². The molecule has 1 aromatic rings. The molecule has 0 saturated carbocycles. The molecule has 6 heteroatoms. The van der Waals surface area contributed by atoms with Crippen LogP contribution in [0.3, 0.4) is 0 Å². The number of halogens is 3. The monoisotopic (exact) mass is 288 g/mol. The number of hydrogen-bond donors (Lipinski definition) is 1. The summed E-state index contributed by atoms with van der Waals surface area (Å²) in [7, 11) is 0. The molecule has 1 saturated heterocycles. The van der Waals surface area contributed by atoms with Crippen LogP contribution in [0, 0.1) is 0 Å². The van der Waals surface area contributed by atoms with Crippen LogP contribution >= 0.6 is 0 Å². The van der Waals surface area contributed by atoms with Crippen molar-refractivity contribution in [3.8, 4) is 5.75 Å². The van der Waals surface area contributed by atoms with Gasteiger partial charge in [-0.05, 0) is 31.5 Å². The maximum atomic E-state index is 12.1. The van der Waals surface area contributed by atoms with Crippen molar-refractivity contribution in [1.29, 1.82) is 0 Å². The van der Waals surface area contributed by atoms with E-state index in [0.29, 0.717) is 12.1 Å². The number of alkyl halides is 3. The van der Waals surface area contributed by atoms with E-state index < -0.39 is 6.36 Å². The Morgan fingerprint density at radius 2 is 1.70 bits per heavy atom. The van der Waals surface area contributed by atoms with Gasteiger partial charge in [-0.1, -0.05) is 12.1 Å². The number of benzene rings is 1. The Bertz CT molecular complexity index is 423. The van der Waals surface area contributed by atoms with Crippen molar-refractivity contribution in [2.75, 3.05) is 13.1 Å². The zero-order valence-corrected chi connectivity index (χ0v) is 11.6. The number of piperazine rings is 1. The molecule has 1 aliphatic heterocycles. The molecule has 0 amide bonds. The van der Waals surface area contributed by atoms with Gasteiger partial charge in [0, 0.05) is 31.7 Å². The maximum absolute atomic E-state index is 12.1. The second-order valence-corrected chi connectivity index (χ2v) is 5.22. The van der Waals surface area contributed by atoms with Crippen LogP contribution in [-0.2, 0) is 6.54 Å². The average Bonchev–Trinajstić information content (AvgIpc) is 2.34. The highest BCUT2D eigenvalue weighted by atomic mass is 19.4. The molecule has 20 heavy (non-hydrogen) atoms. The van der Waals surface area contributed by atoms with Crippen LogP contribution in [0.15, 0.2) is 24.3 Å². The Labute approximate surface area is 116 Å². The van der Waals surface area contributed by atoms with E-state index in [4.69, 9.17) is 0 Å². The summed E-state index contributed by atoms with van der Waals surface area (Å²) in [5.41, 5.74) is 0.986. The van der Waals surface area contributed by atoms with E-state index in [2.05, 4.69) is 28.8 Å². The molecular weight excluding hydrogens is 269 g/mol. The molecule has 112 valence electrons. The van der Waals surface area contributed by atoms with Crippen molar-refractivity contribution >= 4 is 0 Å². The zero-order chi connectivity index (χ0) is 14.8. The summed E-state index contributed by atoms with van der Waals surface area (Å²) >= 11 is 0. The number of hydrogen-bond acceptors (Lipinski definition) is 3. The third-order valence-corrected chi connectivity index (χ3v) is 3.53.